The summed E-state index contributed by atoms with van der Waals surface area (Å²) in [6.07, 6.45) is 14.6. The Labute approximate surface area is 170 Å². The summed E-state index contributed by atoms with van der Waals surface area (Å²) in [7, 11) is 4.10. The highest BCUT2D eigenvalue weighted by atomic mass is 15.1. The summed E-state index contributed by atoms with van der Waals surface area (Å²) in [5.41, 5.74) is 5.88. The van der Waals surface area contributed by atoms with Gasteiger partial charge in [-0.3, -0.25) is 0 Å². The SMILES string of the molecule is C=[N+](Cc1ccc(C=CC)cc1)/C(C=Cc1ccc(N(C)C)cc1)=C\C=C/C. The summed E-state index contributed by atoms with van der Waals surface area (Å²) in [5, 5.41) is 0. The van der Waals surface area contributed by atoms with Gasteiger partial charge in [0.25, 0.3) is 0 Å². The molecule has 144 valence electrons. The molecule has 2 nitrogen and oxygen atoms in total. The Morgan fingerprint density at radius 1 is 0.893 bits per heavy atom. The predicted molar refractivity (Wildman–Crippen MR) is 125 cm³/mol. The number of benzene rings is 2. The minimum Gasteiger partial charge on any atom is -0.378 e. The zero-order chi connectivity index (χ0) is 20.4. The minimum absolute atomic E-state index is 0.753. The Hall–Kier alpha value is -3.13. The van der Waals surface area contributed by atoms with E-state index >= 15 is 0 Å². The fraction of sp³-hybridized carbons (Fsp3) is 0.192. The molecule has 2 aromatic carbocycles. The number of rotatable bonds is 8. The molecule has 0 radical (unpaired) electrons. The fourth-order valence-electron chi connectivity index (χ4n) is 2.76. The lowest BCUT2D eigenvalue weighted by atomic mass is 10.1. The lowest BCUT2D eigenvalue weighted by molar-refractivity contribution is -0.479. The molecule has 0 atom stereocenters. The minimum atomic E-state index is 0.753. The highest BCUT2D eigenvalue weighted by Crippen LogP contribution is 2.15. The van der Waals surface area contributed by atoms with E-state index < -0.39 is 0 Å². The van der Waals surface area contributed by atoms with Gasteiger partial charge >= 0.3 is 0 Å². The van der Waals surface area contributed by atoms with Gasteiger partial charge in [-0.05, 0) is 43.2 Å². The van der Waals surface area contributed by atoms with Gasteiger partial charge in [-0.2, -0.15) is 0 Å². The Morgan fingerprint density at radius 2 is 1.50 bits per heavy atom. The van der Waals surface area contributed by atoms with Crippen molar-refractivity contribution in [1.82, 2.24) is 0 Å². The van der Waals surface area contributed by atoms with Crippen LogP contribution in [0.1, 0.15) is 30.5 Å². The third kappa shape index (κ3) is 6.55. The van der Waals surface area contributed by atoms with Crippen molar-refractivity contribution in [3.05, 3.63) is 101 Å². The summed E-state index contributed by atoms with van der Waals surface area (Å²) in [4.78, 5) is 2.10. The van der Waals surface area contributed by atoms with Gasteiger partial charge in [0.1, 0.15) is 6.72 Å². The van der Waals surface area contributed by atoms with Crippen LogP contribution in [0, 0.1) is 0 Å². The molecule has 0 bridgehead atoms. The van der Waals surface area contributed by atoms with Crippen molar-refractivity contribution >= 4 is 24.6 Å². The molecule has 0 saturated carbocycles. The lowest BCUT2D eigenvalue weighted by Crippen LogP contribution is -2.08. The first-order chi connectivity index (χ1) is 13.5. The first-order valence-electron chi connectivity index (χ1n) is 9.61. The Balaban J connectivity index is 2.14. The molecule has 0 aliphatic heterocycles. The van der Waals surface area contributed by atoms with Crippen LogP contribution in [0.2, 0.25) is 0 Å². The molecule has 0 N–H and O–H groups in total. The van der Waals surface area contributed by atoms with Crippen LogP contribution in [-0.4, -0.2) is 25.4 Å². The molecule has 0 fully saturated rings. The number of anilines is 1. The molecule has 0 spiro atoms. The average molecular weight is 372 g/mol. The Bertz CT molecular complexity index is 877. The standard InChI is InChI=1S/C26H31N2/c1-6-8-10-26(20-17-23-15-18-25(19-16-23)27(3)4)28(5)21-24-13-11-22(9-7-2)12-14-24/h6-20H,5,21H2,1-4H3/q+1/b8-6-,9-7?,20-17?,26-10-. The molecule has 0 unspecified atom stereocenters. The maximum absolute atomic E-state index is 4.25. The third-order valence-electron chi connectivity index (χ3n) is 4.39. The molecule has 2 heteroatoms. The van der Waals surface area contributed by atoms with Crippen molar-refractivity contribution in [2.45, 2.75) is 20.4 Å². The Kier molecular flexibility index (Phi) is 8.23. The van der Waals surface area contributed by atoms with Crippen molar-refractivity contribution in [2.75, 3.05) is 19.0 Å². The molecular weight excluding hydrogens is 340 g/mol. The summed E-state index contributed by atoms with van der Waals surface area (Å²) in [6.45, 7) is 9.06. The van der Waals surface area contributed by atoms with E-state index in [1.165, 1.54) is 22.4 Å². The van der Waals surface area contributed by atoms with Gasteiger partial charge in [0, 0.05) is 37.5 Å². The van der Waals surface area contributed by atoms with Crippen molar-refractivity contribution in [2.24, 2.45) is 0 Å². The van der Waals surface area contributed by atoms with Crippen LogP contribution in [0.5, 0.6) is 0 Å². The molecule has 0 heterocycles. The highest BCUT2D eigenvalue weighted by molar-refractivity contribution is 5.57. The zero-order valence-corrected chi connectivity index (χ0v) is 17.5. The molecular formula is C26H31N2+. The van der Waals surface area contributed by atoms with Crippen molar-refractivity contribution in [1.29, 1.82) is 0 Å². The van der Waals surface area contributed by atoms with Crippen molar-refractivity contribution in [3.63, 3.8) is 0 Å². The van der Waals surface area contributed by atoms with Crippen LogP contribution in [0.15, 0.2) is 84.6 Å². The maximum atomic E-state index is 4.25. The van der Waals surface area contributed by atoms with Gasteiger partial charge in [0.15, 0.2) is 6.54 Å². The maximum Gasteiger partial charge on any atom is 0.204 e. The fourth-order valence-corrected chi connectivity index (χ4v) is 2.76. The van der Waals surface area contributed by atoms with E-state index in [0.717, 1.165) is 12.2 Å². The van der Waals surface area contributed by atoms with E-state index in [1.807, 2.05) is 30.6 Å². The van der Waals surface area contributed by atoms with Crippen molar-refractivity contribution < 1.29 is 4.58 Å². The molecule has 2 rings (SSSR count). The molecule has 0 saturated heterocycles. The second-order valence-corrected chi connectivity index (χ2v) is 6.88. The summed E-state index contributed by atoms with van der Waals surface area (Å²) < 4.78 is 2.02. The summed E-state index contributed by atoms with van der Waals surface area (Å²) in [6, 6.07) is 17.1. The topological polar surface area (TPSA) is 6.25 Å². The van der Waals surface area contributed by atoms with Gasteiger partial charge in [0.05, 0.1) is 0 Å². The van der Waals surface area contributed by atoms with Crippen LogP contribution < -0.4 is 4.90 Å². The monoisotopic (exact) mass is 371 g/mol. The smallest absolute Gasteiger partial charge is 0.204 e. The van der Waals surface area contributed by atoms with Crippen LogP contribution >= 0.6 is 0 Å². The zero-order valence-electron chi connectivity index (χ0n) is 17.5. The molecule has 0 amide bonds. The van der Waals surface area contributed by atoms with Crippen LogP contribution in [0.4, 0.5) is 5.69 Å². The van der Waals surface area contributed by atoms with Gasteiger partial charge in [-0.25, -0.2) is 4.58 Å². The number of allylic oxidation sites excluding steroid dienone is 5. The first kappa shape index (κ1) is 21.2. The van der Waals surface area contributed by atoms with E-state index in [9.17, 15) is 0 Å². The van der Waals surface area contributed by atoms with Gasteiger partial charge in [-0.15, -0.1) is 0 Å². The lowest BCUT2D eigenvalue weighted by Gasteiger charge is -2.11. The van der Waals surface area contributed by atoms with E-state index in [-0.39, 0.29) is 0 Å². The second-order valence-electron chi connectivity index (χ2n) is 6.88. The van der Waals surface area contributed by atoms with Crippen LogP contribution in [0.25, 0.3) is 12.2 Å². The van der Waals surface area contributed by atoms with E-state index in [0.29, 0.717) is 0 Å². The van der Waals surface area contributed by atoms with Crippen LogP contribution in [0.3, 0.4) is 0 Å². The quantitative estimate of drug-likeness (QED) is 0.305. The van der Waals surface area contributed by atoms with Crippen LogP contribution in [-0.2, 0) is 6.54 Å². The first-order valence-corrected chi connectivity index (χ1v) is 9.61. The number of hydrogen-bond donors (Lipinski definition) is 0. The molecule has 0 aromatic heterocycles. The van der Waals surface area contributed by atoms with Gasteiger partial charge in [-0.1, -0.05) is 60.7 Å². The van der Waals surface area contributed by atoms with Gasteiger partial charge in [0.2, 0.25) is 5.70 Å². The van der Waals surface area contributed by atoms with Gasteiger partial charge < -0.3 is 4.90 Å². The van der Waals surface area contributed by atoms with E-state index in [2.05, 4.69) is 105 Å². The summed E-state index contributed by atoms with van der Waals surface area (Å²) >= 11 is 0. The van der Waals surface area contributed by atoms with E-state index in [1.54, 1.807) is 0 Å². The predicted octanol–water partition coefficient (Wildman–Crippen LogP) is 6.17. The normalized spacial score (nSPS) is 12.4. The molecule has 0 aliphatic carbocycles. The highest BCUT2D eigenvalue weighted by Gasteiger charge is 2.08. The second kappa shape index (κ2) is 10.9. The molecule has 2 aromatic rings. The van der Waals surface area contributed by atoms with Crippen molar-refractivity contribution in [3.8, 4) is 0 Å². The summed E-state index contributed by atoms with van der Waals surface area (Å²) in [5.74, 6) is 0. The molecule has 0 aliphatic rings. The third-order valence-corrected chi connectivity index (χ3v) is 4.39. The largest absolute Gasteiger partial charge is 0.378 e. The number of nitrogens with zero attached hydrogens (tertiary/aromatic N) is 2. The van der Waals surface area contributed by atoms with E-state index in [4.69, 9.17) is 0 Å². The Morgan fingerprint density at radius 3 is 2.07 bits per heavy atom. The molecule has 28 heavy (non-hydrogen) atoms. The number of hydrogen-bond acceptors (Lipinski definition) is 1. The average Bonchev–Trinajstić information content (AvgIpc) is 2.70.